The Morgan fingerprint density at radius 3 is 2.70 bits per heavy atom. The summed E-state index contributed by atoms with van der Waals surface area (Å²) < 4.78 is 11.6. The summed E-state index contributed by atoms with van der Waals surface area (Å²) >= 11 is 0. The van der Waals surface area contributed by atoms with Crippen LogP contribution in [-0.4, -0.2) is 43.2 Å². The molecule has 2 saturated heterocycles. The van der Waals surface area contributed by atoms with Crippen LogP contribution in [0.4, 0.5) is 0 Å². The van der Waals surface area contributed by atoms with Gasteiger partial charge in [-0.15, -0.1) is 0 Å². The van der Waals surface area contributed by atoms with Gasteiger partial charge in [-0.3, -0.25) is 9.69 Å². The van der Waals surface area contributed by atoms with Crippen LogP contribution in [-0.2, 0) is 14.3 Å². The molecular formula is C19H27NO3. The predicted octanol–water partition coefficient (Wildman–Crippen LogP) is 3.18. The van der Waals surface area contributed by atoms with Crippen molar-refractivity contribution < 1.29 is 14.3 Å². The van der Waals surface area contributed by atoms with Gasteiger partial charge < -0.3 is 9.47 Å². The standard InChI is InChI=1S/C19H27NO3/c1-4-16(13-8-6-5-7-9-13)23-17-12-14-10-11-15(20(14)2)18(17)19(21)22-3/h5-9,14-18H,4,10-12H2,1-3H3/t14-,15+,16?,17+,18+/m1/s1. The molecule has 0 radical (unpaired) electrons. The quantitative estimate of drug-likeness (QED) is 0.782. The van der Waals surface area contributed by atoms with Crippen LogP contribution < -0.4 is 0 Å². The number of benzene rings is 1. The van der Waals surface area contributed by atoms with Crippen LogP contribution in [0.1, 0.15) is 44.3 Å². The van der Waals surface area contributed by atoms with Crippen molar-refractivity contribution in [1.82, 2.24) is 4.90 Å². The molecule has 1 aromatic rings. The number of carbonyl (C=O) groups is 1. The molecule has 2 bridgehead atoms. The summed E-state index contributed by atoms with van der Waals surface area (Å²) in [7, 11) is 3.61. The molecule has 0 aromatic heterocycles. The Kier molecular flexibility index (Phi) is 5.02. The van der Waals surface area contributed by atoms with Crippen LogP contribution in [0.15, 0.2) is 30.3 Å². The van der Waals surface area contributed by atoms with E-state index in [1.165, 1.54) is 12.7 Å². The second-order valence-electron chi connectivity index (χ2n) is 6.73. The number of hydrogen-bond donors (Lipinski definition) is 0. The number of piperidine rings is 1. The van der Waals surface area contributed by atoms with Crippen molar-refractivity contribution in [3.63, 3.8) is 0 Å². The summed E-state index contributed by atoms with van der Waals surface area (Å²) in [4.78, 5) is 14.7. The predicted molar refractivity (Wildman–Crippen MR) is 89.0 cm³/mol. The number of fused-ring (bicyclic) bond motifs is 2. The summed E-state index contributed by atoms with van der Waals surface area (Å²) in [6.45, 7) is 2.13. The van der Waals surface area contributed by atoms with E-state index in [0.717, 1.165) is 25.7 Å². The Morgan fingerprint density at radius 1 is 1.30 bits per heavy atom. The number of methoxy groups -OCH3 is 1. The molecule has 1 aromatic carbocycles. The van der Waals surface area contributed by atoms with Crippen molar-refractivity contribution in [2.45, 2.75) is 56.9 Å². The van der Waals surface area contributed by atoms with Crippen molar-refractivity contribution >= 4 is 5.97 Å². The van der Waals surface area contributed by atoms with Gasteiger partial charge in [0.1, 0.15) is 0 Å². The molecule has 1 unspecified atom stereocenters. The monoisotopic (exact) mass is 317 g/mol. The van der Waals surface area contributed by atoms with Crippen LogP contribution in [0.25, 0.3) is 0 Å². The lowest BCUT2D eigenvalue weighted by Gasteiger charge is -2.42. The molecule has 126 valence electrons. The van der Waals surface area contributed by atoms with Crippen molar-refractivity contribution in [2.75, 3.05) is 14.2 Å². The van der Waals surface area contributed by atoms with E-state index in [1.807, 2.05) is 18.2 Å². The summed E-state index contributed by atoms with van der Waals surface area (Å²) in [5, 5.41) is 0. The van der Waals surface area contributed by atoms with Crippen LogP contribution in [0.2, 0.25) is 0 Å². The molecule has 3 rings (SSSR count). The summed E-state index contributed by atoms with van der Waals surface area (Å²) in [5.41, 5.74) is 1.19. The second kappa shape index (κ2) is 7.02. The minimum absolute atomic E-state index is 0.0381. The van der Waals surface area contributed by atoms with E-state index >= 15 is 0 Å². The Bertz CT molecular complexity index is 533. The second-order valence-corrected chi connectivity index (χ2v) is 6.73. The van der Waals surface area contributed by atoms with Gasteiger partial charge in [-0.1, -0.05) is 37.3 Å². The average molecular weight is 317 g/mol. The third-order valence-electron chi connectivity index (χ3n) is 5.57. The largest absolute Gasteiger partial charge is 0.469 e. The molecule has 0 amide bonds. The van der Waals surface area contributed by atoms with E-state index in [9.17, 15) is 4.79 Å². The zero-order chi connectivity index (χ0) is 16.4. The molecule has 23 heavy (non-hydrogen) atoms. The van der Waals surface area contributed by atoms with Gasteiger partial charge in [-0.05, 0) is 38.3 Å². The van der Waals surface area contributed by atoms with Gasteiger partial charge in [0.05, 0.1) is 25.2 Å². The first kappa shape index (κ1) is 16.5. The summed E-state index contributed by atoms with van der Waals surface area (Å²) in [6.07, 6.45) is 4.01. The van der Waals surface area contributed by atoms with Crippen molar-refractivity contribution in [3.8, 4) is 0 Å². The molecule has 2 aliphatic rings. The summed E-state index contributed by atoms with van der Waals surface area (Å²) in [5.74, 6) is -0.309. The lowest BCUT2D eigenvalue weighted by atomic mass is 9.87. The molecule has 2 heterocycles. The first-order valence-electron chi connectivity index (χ1n) is 8.65. The zero-order valence-corrected chi connectivity index (χ0v) is 14.3. The first-order chi connectivity index (χ1) is 11.2. The molecular weight excluding hydrogens is 290 g/mol. The first-order valence-corrected chi connectivity index (χ1v) is 8.65. The highest BCUT2D eigenvalue weighted by atomic mass is 16.5. The molecule has 0 N–H and O–H groups in total. The van der Waals surface area contributed by atoms with Gasteiger partial charge in [0.2, 0.25) is 0 Å². The van der Waals surface area contributed by atoms with E-state index in [2.05, 4.69) is 31.0 Å². The smallest absolute Gasteiger partial charge is 0.312 e. The van der Waals surface area contributed by atoms with E-state index in [-0.39, 0.29) is 30.1 Å². The van der Waals surface area contributed by atoms with Gasteiger partial charge >= 0.3 is 5.97 Å². The molecule has 2 fully saturated rings. The van der Waals surface area contributed by atoms with Crippen molar-refractivity contribution in [2.24, 2.45) is 5.92 Å². The fourth-order valence-electron chi connectivity index (χ4n) is 4.30. The fraction of sp³-hybridized carbons (Fsp3) is 0.632. The lowest BCUT2D eigenvalue weighted by molar-refractivity contribution is -0.163. The average Bonchev–Trinajstić information content (AvgIpc) is 2.83. The summed E-state index contributed by atoms with van der Waals surface area (Å²) in [6, 6.07) is 11.1. The number of hydrogen-bond acceptors (Lipinski definition) is 4. The van der Waals surface area contributed by atoms with Gasteiger partial charge in [0.25, 0.3) is 0 Å². The van der Waals surface area contributed by atoms with Crippen molar-refractivity contribution in [1.29, 1.82) is 0 Å². The lowest BCUT2D eigenvalue weighted by Crippen LogP contribution is -2.53. The maximum Gasteiger partial charge on any atom is 0.312 e. The maximum absolute atomic E-state index is 12.4. The van der Waals surface area contributed by atoms with Crippen LogP contribution >= 0.6 is 0 Å². The van der Waals surface area contributed by atoms with Crippen molar-refractivity contribution in [3.05, 3.63) is 35.9 Å². The topological polar surface area (TPSA) is 38.8 Å². The fourth-order valence-corrected chi connectivity index (χ4v) is 4.30. The van der Waals surface area contributed by atoms with Gasteiger partial charge in [-0.2, -0.15) is 0 Å². The molecule has 0 aliphatic carbocycles. The molecule has 4 nitrogen and oxygen atoms in total. The molecule has 5 atom stereocenters. The third kappa shape index (κ3) is 3.15. The SMILES string of the molecule is CCC(O[C@H]1C[C@H]2CC[C@@H]([C@@H]1C(=O)OC)N2C)c1ccccc1. The Morgan fingerprint density at radius 2 is 2.04 bits per heavy atom. The number of rotatable bonds is 5. The van der Waals surface area contributed by atoms with Gasteiger partial charge in [-0.25, -0.2) is 0 Å². The number of carbonyl (C=O) groups excluding carboxylic acids is 1. The molecule has 4 heteroatoms. The number of esters is 1. The minimum Gasteiger partial charge on any atom is -0.469 e. The Labute approximate surface area is 138 Å². The highest BCUT2D eigenvalue weighted by Crippen LogP contribution is 2.41. The van der Waals surface area contributed by atoms with Gasteiger partial charge in [0, 0.05) is 12.1 Å². The highest BCUT2D eigenvalue weighted by molar-refractivity contribution is 5.74. The minimum atomic E-state index is -0.179. The van der Waals surface area contributed by atoms with Crippen LogP contribution in [0.3, 0.4) is 0 Å². The Hall–Kier alpha value is -1.39. The Balaban J connectivity index is 1.80. The zero-order valence-electron chi connectivity index (χ0n) is 14.3. The van der Waals surface area contributed by atoms with Crippen LogP contribution in [0.5, 0.6) is 0 Å². The van der Waals surface area contributed by atoms with Crippen LogP contribution in [0, 0.1) is 5.92 Å². The maximum atomic E-state index is 12.4. The molecule has 0 saturated carbocycles. The molecule has 2 aliphatic heterocycles. The van der Waals surface area contributed by atoms with E-state index < -0.39 is 0 Å². The van der Waals surface area contributed by atoms with E-state index in [1.54, 1.807) is 0 Å². The third-order valence-corrected chi connectivity index (χ3v) is 5.57. The van der Waals surface area contributed by atoms with E-state index in [0.29, 0.717) is 6.04 Å². The molecule has 0 spiro atoms. The van der Waals surface area contributed by atoms with E-state index in [4.69, 9.17) is 9.47 Å². The number of nitrogens with zero attached hydrogens (tertiary/aromatic N) is 1. The number of ether oxygens (including phenoxy) is 2. The van der Waals surface area contributed by atoms with Gasteiger partial charge in [0.15, 0.2) is 0 Å². The highest BCUT2D eigenvalue weighted by Gasteiger charge is 2.50. The normalized spacial score (nSPS) is 31.8.